The zero-order valence-electron chi connectivity index (χ0n) is 13.2. The maximum atomic E-state index is 12.4. The van der Waals surface area contributed by atoms with Crippen LogP contribution in [0.5, 0.6) is 0 Å². The second kappa shape index (κ2) is 7.35. The molecule has 2 aromatic carbocycles. The zero-order valence-corrected chi connectivity index (χ0v) is 16.2. The summed E-state index contributed by atoms with van der Waals surface area (Å²) in [6, 6.07) is 8.75. The molecule has 0 radical (unpaired) electrons. The molecule has 0 heterocycles. The van der Waals surface area contributed by atoms with Gasteiger partial charge in [0.25, 0.3) is 11.6 Å². The summed E-state index contributed by atoms with van der Waals surface area (Å²) in [4.78, 5) is 22.6. The monoisotopic (exact) mass is 475 g/mol. The van der Waals surface area contributed by atoms with E-state index in [1.807, 2.05) is 22.6 Å². The fraction of sp³-hybridized carbons (Fsp3) is 0.133. The number of anilines is 2. The number of sulfonamides is 1. The third-order valence-corrected chi connectivity index (χ3v) is 4.68. The highest BCUT2D eigenvalue weighted by molar-refractivity contribution is 14.1. The number of carbonyl (C=O) groups excluding carboxylic acids is 1. The van der Waals surface area contributed by atoms with E-state index < -0.39 is 20.9 Å². The number of nitro benzene ring substituents is 1. The number of halogens is 1. The number of carbonyl (C=O) groups is 1. The number of non-ortho nitro benzene ring substituents is 1. The Kier molecular flexibility index (Phi) is 5.62. The first-order valence-electron chi connectivity index (χ1n) is 6.90. The lowest BCUT2D eigenvalue weighted by molar-refractivity contribution is -0.384. The van der Waals surface area contributed by atoms with Crippen LogP contribution in [0.3, 0.4) is 0 Å². The Morgan fingerprint density at radius 3 is 2.44 bits per heavy atom. The summed E-state index contributed by atoms with van der Waals surface area (Å²) in [5, 5.41) is 13.4. The van der Waals surface area contributed by atoms with Crippen molar-refractivity contribution in [3.05, 3.63) is 61.2 Å². The Balaban J connectivity index is 2.26. The van der Waals surface area contributed by atoms with Gasteiger partial charge in [-0.25, -0.2) is 8.42 Å². The van der Waals surface area contributed by atoms with Crippen LogP contribution in [0.15, 0.2) is 36.4 Å². The third kappa shape index (κ3) is 5.13. The highest BCUT2D eigenvalue weighted by Crippen LogP contribution is 2.24. The van der Waals surface area contributed by atoms with Crippen molar-refractivity contribution in [3.63, 3.8) is 0 Å². The number of nitrogens with one attached hydrogen (secondary N) is 2. The number of amides is 1. The molecule has 0 aliphatic rings. The highest BCUT2D eigenvalue weighted by atomic mass is 127. The fourth-order valence-electron chi connectivity index (χ4n) is 2.01. The average molecular weight is 475 g/mol. The normalized spacial score (nSPS) is 11.0. The number of nitrogens with zero attached hydrogens (tertiary/aromatic N) is 1. The summed E-state index contributed by atoms with van der Waals surface area (Å²) in [5.74, 6) is -0.451. The van der Waals surface area contributed by atoms with Gasteiger partial charge in [-0.2, -0.15) is 0 Å². The van der Waals surface area contributed by atoms with Gasteiger partial charge in [0, 0.05) is 21.4 Å². The second-order valence-electron chi connectivity index (χ2n) is 5.28. The molecule has 10 heteroatoms. The summed E-state index contributed by atoms with van der Waals surface area (Å²) >= 11 is 1.85. The van der Waals surface area contributed by atoms with Gasteiger partial charge in [-0.1, -0.05) is 6.07 Å². The molecule has 25 heavy (non-hydrogen) atoms. The molecule has 0 saturated carbocycles. The fourth-order valence-corrected chi connectivity index (χ4v) is 3.37. The molecule has 1 amide bonds. The Morgan fingerprint density at radius 2 is 1.88 bits per heavy atom. The molecule has 0 atom stereocenters. The van der Waals surface area contributed by atoms with E-state index in [2.05, 4.69) is 10.0 Å². The first-order chi connectivity index (χ1) is 11.6. The van der Waals surface area contributed by atoms with Crippen molar-refractivity contribution in [2.45, 2.75) is 6.92 Å². The van der Waals surface area contributed by atoms with Crippen LogP contribution in [0, 0.1) is 20.6 Å². The Labute approximate surface area is 158 Å². The minimum Gasteiger partial charge on any atom is -0.322 e. The van der Waals surface area contributed by atoms with Gasteiger partial charge in [-0.3, -0.25) is 19.6 Å². The first kappa shape index (κ1) is 19.1. The van der Waals surface area contributed by atoms with Gasteiger partial charge < -0.3 is 5.32 Å². The Hall–Kier alpha value is -2.21. The van der Waals surface area contributed by atoms with Gasteiger partial charge in [0.2, 0.25) is 10.0 Å². The van der Waals surface area contributed by atoms with E-state index in [9.17, 15) is 23.3 Å². The molecule has 0 aliphatic carbocycles. The standard InChI is InChI=1S/C15H14IN3O5S/c1-9-3-4-10(7-14(9)18-25(2,23)24)17-15(20)12-6-5-11(19(21)22)8-13(12)16/h3-8,18H,1-2H3,(H,17,20). The molecule has 0 fully saturated rings. The van der Waals surface area contributed by atoms with Gasteiger partial charge in [-0.15, -0.1) is 0 Å². The van der Waals surface area contributed by atoms with Crippen molar-refractivity contribution in [3.8, 4) is 0 Å². The quantitative estimate of drug-likeness (QED) is 0.392. The van der Waals surface area contributed by atoms with Crippen molar-refractivity contribution >= 4 is 55.6 Å². The van der Waals surface area contributed by atoms with Crippen molar-refractivity contribution in [1.29, 1.82) is 0 Å². The molecular formula is C15H14IN3O5S. The van der Waals surface area contributed by atoms with E-state index in [-0.39, 0.29) is 11.3 Å². The molecule has 0 aromatic heterocycles. The number of benzene rings is 2. The van der Waals surface area contributed by atoms with E-state index in [1.165, 1.54) is 24.3 Å². The molecule has 0 unspecified atom stereocenters. The van der Waals surface area contributed by atoms with E-state index in [4.69, 9.17) is 0 Å². The molecule has 0 aliphatic heterocycles. The van der Waals surface area contributed by atoms with Gasteiger partial charge in [0.1, 0.15) is 0 Å². The lowest BCUT2D eigenvalue weighted by Crippen LogP contribution is -2.15. The third-order valence-electron chi connectivity index (χ3n) is 3.20. The summed E-state index contributed by atoms with van der Waals surface area (Å²) in [5.41, 5.74) is 1.64. The smallest absolute Gasteiger partial charge is 0.270 e. The van der Waals surface area contributed by atoms with E-state index in [0.29, 0.717) is 20.5 Å². The van der Waals surface area contributed by atoms with E-state index in [1.54, 1.807) is 19.1 Å². The first-order valence-corrected chi connectivity index (χ1v) is 9.87. The molecule has 0 saturated heterocycles. The summed E-state index contributed by atoms with van der Waals surface area (Å²) in [6.45, 7) is 1.73. The summed E-state index contributed by atoms with van der Waals surface area (Å²) in [7, 11) is -3.44. The molecule has 0 bridgehead atoms. The van der Waals surface area contributed by atoms with Gasteiger partial charge in [0.15, 0.2) is 0 Å². The second-order valence-corrected chi connectivity index (χ2v) is 8.19. The average Bonchev–Trinajstić information content (AvgIpc) is 2.48. The zero-order chi connectivity index (χ0) is 18.8. The predicted octanol–water partition coefficient (Wildman–Crippen LogP) is 3.13. The van der Waals surface area contributed by atoms with Crippen molar-refractivity contribution in [1.82, 2.24) is 0 Å². The number of nitro groups is 1. The molecule has 2 rings (SSSR count). The van der Waals surface area contributed by atoms with Crippen LogP contribution in [0.4, 0.5) is 17.1 Å². The lowest BCUT2D eigenvalue weighted by atomic mass is 10.1. The van der Waals surface area contributed by atoms with Crippen LogP contribution in [0.2, 0.25) is 0 Å². The maximum absolute atomic E-state index is 12.4. The van der Waals surface area contributed by atoms with Crippen LogP contribution < -0.4 is 10.0 Å². The van der Waals surface area contributed by atoms with Crippen molar-refractivity contribution in [2.75, 3.05) is 16.3 Å². The number of hydrogen-bond acceptors (Lipinski definition) is 5. The molecular weight excluding hydrogens is 461 g/mol. The van der Waals surface area contributed by atoms with Crippen LogP contribution >= 0.6 is 22.6 Å². The molecule has 132 valence electrons. The Bertz CT molecular complexity index is 960. The SMILES string of the molecule is Cc1ccc(NC(=O)c2ccc([N+](=O)[O-])cc2I)cc1NS(C)(=O)=O. The minimum absolute atomic E-state index is 0.101. The van der Waals surface area contributed by atoms with Gasteiger partial charge in [-0.05, 0) is 53.3 Å². The topological polar surface area (TPSA) is 118 Å². The van der Waals surface area contributed by atoms with E-state index in [0.717, 1.165) is 6.26 Å². The van der Waals surface area contributed by atoms with Crippen molar-refractivity contribution in [2.24, 2.45) is 0 Å². The number of aryl methyl sites for hydroxylation is 1. The Morgan fingerprint density at radius 1 is 1.20 bits per heavy atom. The molecule has 0 spiro atoms. The number of rotatable bonds is 5. The lowest BCUT2D eigenvalue weighted by Gasteiger charge is -2.11. The largest absolute Gasteiger partial charge is 0.322 e. The number of hydrogen-bond donors (Lipinski definition) is 2. The van der Waals surface area contributed by atoms with Crippen LogP contribution in [0.25, 0.3) is 0 Å². The van der Waals surface area contributed by atoms with Crippen LogP contribution in [-0.2, 0) is 10.0 Å². The molecule has 2 aromatic rings. The van der Waals surface area contributed by atoms with Crippen LogP contribution in [0.1, 0.15) is 15.9 Å². The maximum Gasteiger partial charge on any atom is 0.270 e. The summed E-state index contributed by atoms with van der Waals surface area (Å²) in [6.07, 6.45) is 1.04. The van der Waals surface area contributed by atoms with Crippen molar-refractivity contribution < 1.29 is 18.1 Å². The highest BCUT2D eigenvalue weighted by Gasteiger charge is 2.15. The van der Waals surface area contributed by atoms with E-state index >= 15 is 0 Å². The predicted molar refractivity (Wildman–Crippen MR) is 103 cm³/mol. The van der Waals surface area contributed by atoms with Crippen LogP contribution in [-0.4, -0.2) is 25.5 Å². The summed E-state index contributed by atoms with van der Waals surface area (Å²) < 4.78 is 25.6. The molecule has 2 N–H and O–H groups in total. The minimum atomic E-state index is -3.44. The van der Waals surface area contributed by atoms with Gasteiger partial charge >= 0.3 is 0 Å². The van der Waals surface area contributed by atoms with Gasteiger partial charge in [0.05, 0.1) is 22.4 Å². The molecule has 8 nitrogen and oxygen atoms in total.